The first-order valence-electron chi connectivity index (χ1n) is 10.1. The molecule has 0 aliphatic heterocycles. The van der Waals surface area contributed by atoms with Crippen LogP contribution in [0.4, 0.5) is 5.69 Å². The Balaban J connectivity index is 1.69. The standard InChI is InChI=1S/C24H23N5O3/c1-16-17(2)28-29(24(32)20(16)14-25)15-22(30)27-21-11-7-6-10-19(21)23(31)26-13-12-18-8-4-3-5-9-18/h3-11H,12-13,15H2,1-2H3,(H,26,31)(H,27,30). The Morgan fingerprint density at radius 2 is 1.75 bits per heavy atom. The Kier molecular flexibility index (Phi) is 7.13. The topological polar surface area (TPSA) is 117 Å². The van der Waals surface area contributed by atoms with Gasteiger partial charge in [-0.05, 0) is 43.5 Å². The fourth-order valence-electron chi connectivity index (χ4n) is 3.19. The van der Waals surface area contributed by atoms with Crippen LogP contribution >= 0.6 is 0 Å². The van der Waals surface area contributed by atoms with Crippen molar-refractivity contribution in [2.24, 2.45) is 0 Å². The number of hydrogen-bond donors (Lipinski definition) is 2. The van der Waals surface area contributed by atoms with E-state index in [0.29, 0.717) is 35.5 Å². The van der Waals surface area contributed by atoms with Crippen LogP contribution in [0, 0.1) is 25.2 Å². The van der Waals surface area contributed by atoms with Gasteiger partial charge in [-0.3, -0.25) is 14.4 Å². The quantitative estimate of drug-likeness (QED) is 0.598. The van der Waals surface area contributed by atoms with Crippen molar-refractivity contribution in [1.82, 2.24) is 15.1 Å². The Morgan fingerprint density at radius 1 is 1.06 bits per heavy atom. The van der Waals surface area contributed by atoms with Crippen molar-refractivity contribution in [3.05, 3.63) is 92.9 Å². The molecule has 0 atom stereocenters. The normalized spacial score (nSPS) is 10.3. The van der Waals surface area contributed by atoms with Gasteiger partial charge in [0.25, 0.3) is 11.5 Å². The number of amides is 2. The fourth-order valence-corrected chi connectivity index (χ4v) is 3.19. The summed E-state index contributed by atoms with van der Waals surface area (Å²) >= 11 is 0. The molecule has 0 aliphatic carbocycles. The van der Waals surface area contributed by atoms with Crippen molar-refractivity contribution in [1.29, 1.82) is 5.26 Å². The number of para-hydroxylation sites is 1. The summed E-state index contributed by atoms with van der Waals surface area (Å²) in [6.45, 7) is 3.38. The summed E-state index contributed by atoms with van der Waals surface area (Å²) in [7, 11) is 0. The van der Waals surface area contributed by atoms with E-state index in [4.69, 9.17) is 0 Å². The lowest BCUT2D eigenvalue weighted by atomic mass is 10.1. The SMILES string of the molecule is Cc1nn(CC(=O)Nc2ccccc2C(=O)NCCc2ccccc2)c(=O)c(C#N)c1C. The third kappa shape index (κ3) is 5.26. The number of rotatable bonds is 7. The maximum atomic E-state index is 12.6. The maximum absolute atomic E-state index is 12.6. The van der Waals surface area contributed by atoms with Crippen LogP contribution in [0.5, 0.6) is 0 Å². The number of carbonyl (C=O) groups is 2. The molecule has 2 aromatic carbocycles. The summed E-state index contributed by atoms with van der Waals surface area (Å²) in [5, 5.41) is 18.8. The van der Waals surface area contributed by atoms with Gasteiger partial charge in [-0.2, -0.15) is 10.4 Å². The number of carbonyl (C=O) groups excluding carboxylic acids is 2. The third-order valence-electron chi connectivity index (χ3n) is 5.03. The van der Waals surface area contributed by atoms with Crippen LogP contribution in [-0.4, -0.2) is 28.1 Å². The van der Waals surface area contributed by atoms with Gasteiger partial charge in [0.05, 0.1) is 16.9 Å². The Bertz CT molecular complexity index is 1240. The van der Waals surface area contributed by atoms with Crippen molar-refractivity contribution >= 4 is 17.5 Å². The summed E-state index contributed by atoms with van der Waals surface area (Å²) in [6.07, 6.45) is 0.684. The van der Waals surface area contributed by atoms with Crippen molar-refractivity contribution in [2.75, 3.05) is 11.9 Å². The van der Waals surface area contributed by atoms with E-state index in [1.54, 1.807) is 38.1 Å². The molecule has 3 aromatic rings. The Morgan fingerprint density at radius 3 is 2.47 bits per heavy atom. The lowest BCUT2D eigenvalue weighted by Gasteiger charge is -2.13. The molecule has 2 amide bonds. The molecule has 1 aromatic heterocycles. The number of benzene rings is 2. The number of nitrogens with zero attached hydrogens (tertiary/aromatic N) is 3. The van der Waals surface area contributed by atoms with Crippen LogP contribution < -0.4 is 16.2 Å². The smallest absolute Gasteiger partial charge is 0.285 e. The van der Waals surface area contributed by atoms with E-state index in [9.17, 15) is 19.6 Å². The minimum Gasteiger partial charge on any atom is -0.352 e. The summed E-state index contributed by atoms with van der Waals surface area (Å²) < 4.78 is 0.957. The van der Waals surface area contributed by atoms with Gasteiger partial charge < -0.3 is 10.6 Å². The number of nitriles is 1. The average molecular weight is 429 g/mol. The monoisotopic (exact) mass is 429 g/mol. The average Bonchev–Trinajstić information content (AvgIpc) is 2.79. The van der Waals surface area contributed by atoms with Gasteiger partial charge in [0, 0.05) is 6.54 Å². The molecule has 0 radical (unpaired) electrons. The lowest BCUT2D eigenvalue weighted by Crippen LogP contribution is -2.33. The van der Waals surface area contributed by atoms with Crippen LogP contribution in [0.15, 0.2) is 59.4 Å². The number of aryl methyl sites for hydroxylation is 1. The zero-order chi connectivity index (χ0) is 23.1. The molecule has 8 heteroatoms. The molecule has 162 valence electrons. The highest BCUT2D eigenvalue weighted by Gasteiger charge is 2.16. The third-order valence-corrected chi connectivity index (χ3v) is 5.03. The van der Waals surface area contributed by atoms with E-state index in [1.807, 2.05) is 36.4 Å². The Hall–Kier alpha value is -4.25. The molecule has 2 N–H and O–H groups in total. The number of hydrogen-bond acceptors (Lipinski definition) is 5. The molecule has 0 spiro atoms. The highest BCUT2D eigenvalue weighted by atomic mass is 16.2. The predicted octanol–water partition coefficient (Wildman–Crippen LogP) is 2.34. The number of aromatic nitrogens is 2. The first-order chi connectivity index (χ1) is 15.4. The molecule has 3 rings (SSSR count). The highest BCUT2D eigenvalue weighted by Crippen LogP contribution is 2.15. The molecule has 0 unspecified atom stereocenters. The first-order valence-corrected chi connectivity index (χ1v) is 10.1. The molecular formula is C24H23N5O3. The molecule has 0 aliphatic rings. The second kappa shape index (κ2) is 10.2. The maximum Gasteiger partial charge on any atom is 0.285 e. The minimum atomic E-state index is -0.627. The number of anilines is 1. The summed E-state index contributed by atoms with van der Waals surface area (Å²) in [6, 6.07) is 18.3. The van der Waals surface area contributed by atoms with Gasteiger partial charge >= 0.3 is 0 Å². The molecule has 8 nitrogen and oxygen atoms in total. The first kappa shape index (κ1) is 22.4. The summed E-state index contributed by atoms with van der Waals surface area (Å²) in [5.74, 6) is -0.846. The van der Waals surface area contributed by atoms with E-state index in [-0.39, 0.29) is 18.0 Å². The molecule has 0 saturated heterocycles. The van der Waals surface area contributed by atoms with Gasteiger partial charge in [0.2, 0.25) is 5.91 Å². The van der Waals surface area contributed by atoms with Crippen LogP contribution in [0.3, 0.4) is 0 Å². The van der Waals surface area contributed by atoms with Gasteiger partial charge in [0.1, 0.15) is 18.2 Å². The largest absolute Gasteiger partial charge is 0.352 e. The summed E-state index contributed by atoms with van der Waals surface area (Å²) in [4.78, 5) is 37.6. The van der Waals surface area contributed by atoms with E-state index in [0.717, 1.165) is 10.2 Å². The zero-order valence-electron chi connectivity index (χ0n) is 17.9. The van der Waals surface area contributed by atoms with Crippen LogP contribution in [0.1, 0.15) is 32.7 Å². The van der Waals surface area contributed by atoms with Crippen molar-refractivity contribution in [3.63, 3.8) is 0 Å². The minimum absolute atomic E-state index is 0.0384. The van der Waals surface area contributed by atoms with E-state index in [1.165, 1.54) is 0 Å². The molecule has 0 fully saturated rings. The predicted molar refractivity (Wildman–Crippen MR) is 120 cm³/mol. The van der Waals surface area contributed by atoms with E-state index < -0.39 is 11.5 Å². The molecule has 0 bridgehead atoms. The molecular weight excluding hydrogens is 406 g/mol. The molecule has 32 heavy (non-hydrogen) atoms. The van der Waals surface area contributed by atoms with E-state index >= 15 is 0 Å². The van der Waals surface area contributed by atoms with Crippen LogP contribution in [0.25, 0.3) is 0 Å². The number of nitrogens with one attached hydrogen (secondary N) is 2. The van der Waals surface area contributed by atoms with E-state index in [2.05, 4.69) is 15.7 Å². The van der Waals surface area contributed by atoms with Crippen molar-refractivity contribution in [3.8, 4) is 6.07 Å². The summed E-state index contributed by atoms with van der Waals surface area (Å²) in [5.41, 5.74) is 2.07. The Labute approximate surface area is 185 Å². The van der Waals surface area contributed by atoms with Gasteiger partial charge in [-0.1, -0.05) is 42.5 Å². The fraction of sp³-hybridized carbons (Fsp3) is 0.208. The van der Waals surface area contributed by atoms with Crippen LogP contribution in [0.2, 0.25) is 0 Å². The zero-order valence-corrected chi connectivity index (χ0v) is 17.9. The van der Waals surface area contributed by atoms with Crippen LogP contribution in [-0.2, 0) is 17.8 Å². The molecule has 0 saturated carbocycles. The van der Waals surface area contributed by atoms with Gasteiger partial charge in [-0.15, -0.1) is 0 Å². The highest BCUT2D eigenvalue weighted by molar-refractivity contribution is 6.03. The molecule has 1 heterocycles. The van der Waals surface area contributed by atoms with Crippen molar-refractivity contribution < 1.29 is 9.59 Å². The second-order valence-corrected chi connectivity index (χ2v) is 7.25. The van der Waals surface area contributed by atoms with Crippen molar-refractivity contribution in [2.45, 2.75) is 26.8 Å². The van der Waals surface area contributed by atoms with Gasteiger partial charge in [-0.25, -0.2) is 4.68 Å². The van der Waals surface area contributed by atoms with Gasteiger partial charge in [0.15, 0.2) is 0 Å². The second-order valence-electron chi connectivity index (χ2n) is 7.25. The lowest BCUT2D eigenvalue weighted by molar-refractivity contribution is -0.117.